The summed E-state index contributed by atoms with van der Waals surface area (Å²) in [5, 5.41) is 0.596. The van der Waals surface area contributed by atoms with Gasteiger partial charge in [0.25, 0.3) is 0 Å². The zero-order valence-electron chi connectivity index (χ0n) is 10.6. The van der Waals surface area contributed by atoms with Crippen molar-refractivity contribution in [3.8, 4) is 0 Å². The van der Waals surface area contributed by atoms with Crippen LogP contribution in [0.3, 0.4) is 0 Å². The molecule has 1 aromatic rings. The van der Waals surface area contributed by atoms with E-state index in [2.05, 4.69) is 6.92 Å². The number of para-hydroxylation sites is 1. The molecule has 0 spiro atoms. The third-order valence-corrected chi connectivity index (χ3v) is 3.87. The molecular formula is C13H18ClN3O. The molecule has 1 heterocycles. The lowest BCUT2D eigenvalue weighted by molar-refractivity contribution is -0.126. The molecule has 2 unspecified atom stereocenters. The average molecular weight is 268 g/mol. The first-order valence-corrected chi connectivity index (χ1v) is 6.42. The van der Waals surface area contributed by atoms with Crippen LogP contribution in [0, 0.1) is 0 Å². The number of anilines is 1. The molecule has 0 saturated carbocycles. The summed E-state index contributed by atoms with van der Waals surface area (Å²) in [6.45, 7) is 3.04. The highest BCUT2D eigenvalue weighted by Crippen LogP contribution is 2.28. The zero-order chi connectivity index (χ0) is 13.3. The van der Waals surface area contributed by atoms with E-state index < -0.39 is 0 Å². The zero-order valence-corrected chi connectivity index (χ0v) is 11.4. The molecular weight excluding hydrogens is 250 g/mol. The Morgan fingerprint density at radius 2 is 2.11 bits per heavy atom. The normalized spacial score (nSPS) is 25.6. The molecule has 2 atom stereocenters. The van der Waals surface area contributed by atoms with E-state index in [1.807, 2.05) is 30.1 Å². The van der Waals surface area contributed by atoms with Crippen molar-refractivity contribution in [3.05, 3.63) is 29.3 Å². The third-order valence-electron chi connectivity index (χ3n) is 3.55. The second-order valence-corrected chi connectivity index (χ2v) is 5.07. The minimum atomic E-state index is -0.273. The number of nitrogens with zero attached hydrogens (tertiary/aromatic N) is 2. The summed E-state index contributed by atoms with van der Waals surface area (Å²) in [4.78, 5) is 16.2. The number of benzene rings is 1. The van der Waals surface area contributed by atoms with Crippen LogP contribution in [0.5, 0.6) is 0 Å². The van der Waals surface area contributed by atoms with Crippen LogP contribution in [0.1, 0.15) is 6.92 Å². The van der Waals surface area contributed by atoms with Crippen LogP contribution in [0.2, 0.25) is 5.02 Å². The second kappa shape index (κ2) is 5.26. The molecule has 1 aliphatic rings. The summed E-state index contributed by atoms with van der Waals surface area (Å²) in [5.41, 5.74) is 6.47. The summed E-state index contributed by atoms with van der Waals surface area (Å²) in [7, 11) is 1.93. The minimum Gasteiger partial charge on any atom is -0.328 e. The van der Waals surface area contributed by atoms with Gasteiger partial charge in [0.1, 0.15) is 6.04 Å². The SMILES string of the molecule is CC1CN(c2ccccc2Cl)C(=O)C(CN)N1C. The van der Waals surface area contributed by atoms with Crippen molar-refractivity contribution in [1.29, 1.82) is 0 Å². The molecule has 0 aliphatic carbocycles. The van der Waals surface area contributed by atoms with Crippen LogP contribution in [-0.2, 0) is 4.79 Å². The van der Waals surface area contributed by atoms with Gasteiger partial charge in [-0.25, -0.2) is 0 Å². The Balaban J connectivity index is 2.34. The molecule has 1 saturated heterocycles. The van der Waals surface area contributed by atoms with E-state index in [-0.39, 0.29) is 18.0 Å². The van der Waals surface area contributed by atoms with E-state index in [0.29, 0.717) is 18.1 Å². The van der Waals surface area contributed by atoms with E-state index in [1.165, 1.54) is 0 Å². The fraction of sp³-hybridized carbons (Fsp3) is 0.462. The molecule has 5 heteroatoms. The number of carbonyl (C=O) groups excluding carboxylic acids is 1. The van der Waals surface area contributed by atoms with Crippen molar-refractivity contribution in [3.63, 3.8) is 0 Å². The Bertz CT molecular complexity index is 452. The topological polar surface area (TPSA) is 49.6 Å². The monoisotopic (exact) mass is 267 g/mol. The van der Waals surface area contributed by atoms with Gasteiger partial charge in [0.15, 0.2) is 0 Å². The number of hydrogen-bond donors (Lipinski definition) is 1. The maximum Gasteiger partial charge on any atom is 0.245 e. The number of piperazine rings is 1. The highest BCUT2D eigenvalue weighted by Gasteiger charge is 2.36. The fourth-order valence-corrected chi connectivity index (χ4v) is 2.54. The van der Waals surface area contributed by atoms with Crippen molar-refractivity contribution in [2.24, 2.45) is 5.73 Å². The number of amides is 1. The summed E-state index contributed by atoms with van der Waals surface area (Å²) in [5.74, 6) is 0.0196. The predicted octanol–water partition coefficient (Wildman–Crippen LogP) is 1.33. The third kappa shape index (κ3) is 2.23. The summed E-state index contributed by atoms with van der Waals surface area (Å²) in [6, 6.07) is 7.39. The number of halogens is 1. The van der Waals surface area contributed by atoms with Crippen LogP contribution in [0.4, 0.5) is 5.69 Å². The van der Waals surface area contributed by atoms with Crippen molar-refractivity contribution in [1.82, 2.24) is 4.90 Å². The first-order chi connectivity index (χ1) is 8.56. The lowest BCUT2D eigenvalue weighted by Crippen LogP contribution is -2.62. The predicted molar refractivity (Wildman–Crippen MR) is 73.9 cm³/mol. The molecule has 0 aromatic heterocycles. The van der Waals surface area contributed by atoms with Gasteiger partial charge in [-0.3, -0.25) is 9.69 Å². The molecule has 1 aliphatic heterocycles. The van der Waals surface area contributed by atoms with Gasteiger partial charge < -0.3 is 10.6 Å². The van der Waals surface area contributed by atoms with E-state index in [4.69, 9.17) is 17.3 Å². The highest BCUT2D eigenvalue weighted by atomic mass is 35.5. The quantitative estimate of drug-likeness (QED) is 0.880. The Kier molecular flexibility index (Phi) is 3.90. The van der Waals surface area contributed by atoms with E-state index in [9.17, 15) is 4.79 Å². The van der Waals surface area contributed by atoms with Gasteiger partial charge >= 0.3 is 0 Å². The van der Waals surface area contributed by atoms with E-state index in [0.717, 1.165) is 5.69 Å². The first kappa shape index (κ1) is 13.3. The number of carbonyl (C=O) groups is 1. The van der Waals surface area contributed by atoms with Crippen molar-refractivity contribution < 1.29 is 4.79 Å². The van der Waals surface area contributed by atoms with E-state index in [1.54, 1.807) is 11.0 Å². The Morgan fingerprint density at radius 3 is 2.72 bits per heavy atom. The van der Waals surface area contributed by atoms with Crippen LogP contribution in [0.15, 0.2) is 24.3 Å². The number of likely N-dealkylation sites (N-methyl/N-ethyl adjacent to an activating group) is 1. The second-order valence-electron chi connectivity index (χ2n) is 4.67. The van der Waals surface area contributed by atoms with Gasteiger partial charge in [-0.1, -0.05) is 23.7 Å². The summed E-state index contributed by atoms with van der Waals surface area (Å²) < 4.78 is 0. The van der Waals surface area contributed by atoms with Crippen molar-refractivity contribution in [2.75, 3.05) is 25.0 Å². The fourth-order valence-electron chi connectivity index (χ4n) is 2.30. The molecule has 0 radical (unpaired) electrons. The summed E-state index contributed by atoms with van der Waals surface area (Å²) in [6.07, 6.45) is 0. The van der Waals surface area contributed by atoms with Gasteiger partial charge in [0.2, 0.25) is 5.91 Å². The van der Waals surface area contributed by atoms with Crippen LogP contribution in [-0.4, -0.2) is 43.0 Å². The molecule has 0 bridgehead atoms. The van der Waals surface area contributed by atoms with Gasteiger partial charge in [-0.05, 0) is 26.1 Å². The molecule has 1 amide bonds. The molecule has 2 rings (SSSR count). The number of rotatable bonds is 2. The molecule has 18 heavy (non-hydrogen) atoms. The minimum absolute atomic E-state index is 0.0196. The Labute approximate surface area is 112 Å². The number of hydrogen-bond acceptors (Lipinski definition) is 3. The van der Waals surface area contributed by atoms with Gasteiger partial charge in [-0.15, -0.1) is 0 Å². The van der Waals surface area contributed by atoms with E-state index >= 15 is 0 Å². The maximum absolute atomic E-state index is 12.4. The summed E-state index contributed by atoms with van der Waals surface area (Å²) >= 11 is 6.16. The molecule has 98 valence electrons. The smallest absolute Gasteiger partial charge is 0.245 e. The van der Waals surface area contributed by atoms with Gasteiger partial charge in [-0.2, -0.15) is 0 Å². The molecule has 2 N–H and O–H groups in total. The van der Waals surface area contributed by atoms with Crippen molar-refractivity contribution >= 4 is 23.2 Å². The largest absolute Gasteiger partial charge is 0.328 e. The first-order valence-electron chi connectivity index (χ1n) is 6.04. The average Bonchev–Trinajstić information content (AvgIpc) is 2.36. The molecule has 1 aromatic carbocycles. The van der Waals surface area contributed by atoms with Crippen LogP contribution in [0.25, 0.3) is 0 Å². The Hall–Kier alpha value is -1.10. The van der Waals surface area contributed by atoms with Gasteiger partial charge in [0.05, 0.1) is 10.7 Å². The number of nitrogens with two attached hydrogens (primary N) is 1. The maximum atomic E-state index is 12.4. The van der Waals surface area contributed by atoms with Crippen LogP contribution >= 0.6 is 11.6 Å². The highest BCUT2D eigenvalue weighted by molar-refractivity contribution is 6.33. The molecule has 1 fully saturated rings. The molecule has 4 nitrogen and oxygen atoms in total. The standard InChI is InChI=1S/C13H18ClN3O/c1-9-8-17(11-6-4-3-5-10(11)14)13(18)12(7-15)16(9)2/h3-6,9,12H,7-8,15H2,1-2H3. The van der Waals surface area contributed by atoms with Crippen molar-refractivity contribution in [2.45, 2.75) is 19.0 Å². The lowest BCUT2D eigenvalue weighted by Gasteiger charge is -2.42. The van der Waals surface area contributed by atoms with Gasteiger partial charge in [0, 0.05) is 19.1 Å². The van der Waals surface area contributed by atoms with Crippen LogP contribution < -0.4 is 10.6 Å². The lowest BCUT2D eigenvalue weighted by atomic mass is 10.1. The Morgan fingerprint density at radius 1 is 1.44 bits per heavy atom.